The molecule has 5 N–H and O–H groups in total. The molecule has 0 rings (SSSR count). The van der Waals surface area contributed by atoms with Crippen molar-refractivity contribution in [3.8, 4) is 0 Å². The van der Waals surface area contributed by atoms with E-state index in [1.165, 1.54) is 0 Å². The molecule has 6 nitrogen and oxygen atoms in total. The molecule has 0 heterocycles. The second-order valence-electron chi connectivity index (χ2n) is 2.25. The minimum Gasteiger partial charge on any atom is -0.350 e. The zero-order valence-corrected chi connectivity index (χ0v) is 6.83. The van der Waals surface area contributed by atoms with Gasteiger partial charge in [-0.05, 0) is 13.3 Å². The highest BCUT2D eigenvalue weighted by molar-refractivity contribution is 5.94. The standard InChI is InChI=1S/C6H12N4O2/c1-4(9-6(7)12)2-3-5(11)10-8/h2-3,8H2,1H3,(H2,7,12)(H,10,11). The van der Waals surface area contributed by atoms with Crippen LogP contribution >= 0.6 is 0 Å². The number of hydrogen-bond acceptors (Lipinski definition) is 3. The fraction of sp³-hybridized carbons (Fsp3) is 0.500. The number of carbonyl (C=O) groups excluding carboxylic acids is 2. The van der Waals surface area contributed by atoms with Crippen molar-refractivity contribution in [2.75, 3.05) is 0 Å². The summed E-state index contributed by atoms with van der Waals surface area (Å²) in [6.07, 6.45) is 0.588. The summed E-state index contributed by atoms with van der Waals surface area (Å²) in [5, 5.41) is 0. The molecule has 68 valence electrons. The molecule has 6 heteroatoms. The Balaban J connectivity index is 3.78. The van der Waals surface area contributed by atoms with Crippen LogP contribution in [-0.4, -0.2) is 17.6 Å². The summed E-state index contributed by atoms with van der Waals surface area (Å²) < 4.78 is 0. The Hall–Kier alpha value is -1.43. The van der Waals surface area contributed by atoms with Gasteiger partial charge < -0.3 is 5.73 Å². The molecule has 3 amide bonds. The minimum atomic E-state index is -0.749. The molecule has 12 heavy (non-hydrogen) atoms. The van der Waals surface area contributed by atoms with Crippen LogP contribution in [0.25, 0.3) is 0 Å². The lowest BCUT2D eigenvalue weighted by atomic mass is 10.2. The van der Waals surface area contributed by atoms with E-state index >= 15 is 0 Å². The van der Waals surface area contributed by atoms with Gasteiger partial charge in [-0.3, -0.25) is 10.2 Å². The molecule has 0 aromatic rings. The molecule has 0 aliphatic carbocycles. The predicted octanol–water partition coefficient (Wildman–Crippen LogP) is -0.704. The molecule has 0 aliphatic rings. The molecule has 0 saturated heterocycles. The fourth-order valence-electron chi connectivity index (χ4n) is 0.611. The number of rotatable bonds is 3. The summed E-state index contributed by atoms with van der Waals surface area (Å²) in [7, 11) is 0. The monoisotopic (exact) mass is 172 g/mol. The molecule has 0 bridgehead atoms. The van der Waals surface area contributed by atoms with Gasteiger partial charge in [0.1, 0.15) is 0 Å². The highest BCUT2D eigenvalue weighted by Crippen LogP contribution is 1.92. The molecule has 0 aromatic carbocycles. The molecule has 0 aromatic heterocycles. The number of hydrogen-bond donors (Lipinski definition) is 3. The van der Waals surface area contributed by atoms with E-state index in [1.54, 1.807) is 6.92 Å². The van der Waals surface area contributed by atoms with Crippen molar-refractivity contribution >= 4 is 17.6 Å². The van der Waals surface area contributed by atoms with Crippen LogP contribution < -0.4 is 17.0 Å². The number of urea groups is 1. The molecule has 0 fully saturated rings. The van der Waals surface area contributed by atoms with Gasteiger partial charge in [-0.2, -0.15) is 0 Å². The van der Waals surface area contributed by atoms with E-state index in [0.717, 1.165) is 0 Å². The number of nitrogens with zero attached hydrogens (tertiary/aromatic N) is 1. The van der Waals surface area contributed by atoms with Crippen LogP contribution in [-0.2, 0) is 4.79 Å². The Labute approximate surface area is 70.0 Å². The fourth-order valence-corrected chi connectivity index (χ4v) is 0.611. The minimum absolute atomic E-state index is 0.207. The number of hydrazine groups is 1. The van der Waals surface area contributed by atoms with Crippen LogP contribution in [0, 0.1) is 0 Å². The Bertz CT molecular complexity index is 212. The zero-order valence-electron chi connectivity index (χ0n) is 6.83. The number of nitrogens with one attached hydrogen (secondary N) is 1. The highest BCUT2D eigenvalue weighted by atomic mass is 16.2. The Kier molecular flexibility index (Phi) is 4.62. The Morgan fingerprint density at radius 2 is 2.00 bits per heavy atom. The predicted molar refractivity (Wildman–Crippen MR) is 44.3 cm³/mol. The number of amides is 3. The van der Waals surface area contributed by atoms with Gasteiger partial charge in [0, 0.05) is 12.1 Å². The molecule has 0 atom stereocenters. The van der Waals surface area contributed by atoms with Crippen LogP contribution in [0.5, 0.6) is 0 Å². The van der Waals surface area contributed by atoms with Crippen molar-refractivity contribution in [2.24, 2.45) is 16.6 Å². The van der Waals surface area contributed by atoms with Crippen molar-refractivity contribution < 1.29 is 9.59 Å². The highest BCUT2D eigenvalue weighted by Gasteiger charge is 2.00. The van der Waals surface area contributed by atoms with Crippen molar-refractivity contribution in [3.05, 3.63) is 0 Å². The van der Waals surface area contributed by atoms with E-state index in [2.05, 4.69) is 4.99 Å². The number of aliphatic imine (C=N–C) groups is 1. The molecule has 0 unspecified atom stereocenters. The molecular formula is C6H12N4O2. The third-order valence-electron chi connectivity index (χ3n) is 1.18. The van der Waals surface area contributed by atoms with E-state index in [-0.39, 0.29) is 12.3 Å². The quantitative estimate of drug-likeness (QED) is 0.226. The Morgan fingerprint density at radius 1 is 1.42 bits per heavy atom. The Morgan fingerprint density at radius 3 is 2.42 bits per heavy atom. The first kappa shape index (κ1) is 10.6. The van der Waals surface area contributed by atoms with E-state index in [9.17, 15) is 9.59 Å². The van der Waals surface area contributed by atoms with Gasteiger partial charge in [0.05, 0.1) is 0 Å². The third-order valence-corrected chi connectivity index (χ3v) is 1.18. The molecular weight excluding hydrogens is 160 g/mol. The van der Waals surface area contributed by atoms with Gasteiger partial charge >= 0.3 is 6.03 Å². The second-order valence-corrected chi connectivity index (χ2v) is 2.25. The summed E-state index contributed by atoms with van der Waals surface area (Å²) in [6, 6.07) is -0.749. The van der Waals surface area contributed by atoms with Gasteiger partial charge in [0.2, 0.25) is 5.91 Å². The number of carbonyl (C=O) groups is 2. The van der Waals surface area contributed by atoms with Gasteiger partial charge in [-0.15, -0.1) is 0 Å². The topological polar surface area (TPSA) is 111 Å². The molecule has 0 spiro atoms. The number of primary amides is 1. The lowest BCUT2D eigenvalue weighted by molar-refractivity contribution is -0.121. The molecule has 0 saturated carbocycles. The van der Waals surface area contributed by atoms with Gasteiger partial charge in [-0.25, -0.2) is 15.6 Å². The van der Waals surface area contributed by atoms with E-state index in [1.807, 2.05) is 5.43 Å². The summed E-state index contributed by atoms with van der Waals surface area (Å²) in [6.45, 7) is 1.62. The van der Waals surface area contributed by atoms with Crippen LogP contribution in [0.3, 0.4) is 0 Å². The SMILES string of the molecule is CC(CCC(=O)NN)=NC(N)=O. The summed E-state index contributed by atoms with van der Waals surface area (Å²) in [5.74, 6) is 4.53. The van der Waals surface area contributed by atoms with Crippen molar-refractivity contribution in [3.63, 3.8) is 0 Å². The smallest absolute Gasteiger partial charge is 0.338 e. The third kappa shape index (κ3) is 5.36. The van der Waals surface area contributed by atoms with Crippen LogP contribution in [0.2, 0.25) is 0 Å². The second kappa shape index (κ2) is 5.25. The number of nitrogens with two attached hydrogens (primary N) is 2. The van der Waals surface area contributed by atoms with Crippen LogP contribution in [0.1, 0.15) is 19.8 Å². The molecule has 0 aliphatic heterocycles. The van der Waals surface area contributed by atoms with Crippen molar-refractivity contribution in [1.82, 2.24) is 5.43 Å². The van der Waals surface area contributed by atoms with E-state index in [4.69, 9.17) is 11.6 Å². The molecule has 0 radical (unpaired) electrons. The van der Waals surface area contributed by atoms with Gasteiger partial charge in [-0.1, -0.05) is 0 Å². The van der Waals surface area contributed by atoms with Crippen LogP contribution in [0.15, 0.2) is 4.99 Å². The maximum absolute atomic E-state index is 10.6. The lowest BCUT2D eigenvalue weighted by Gasteiger charge is -1.97. The zero-order chi connectivity index (χ0) is 9.56. The van der Waals surface area contributed by atoms with Gasteiger partial charge in [0.25, 0.3) is 0 Å². The first-order chi connectivity index (χ1) is 5.56. The maximum Gasteiger partial charge on any atom is 0.338 e. The largest absolute Gasteiger partial charge is 0.350 e. The summed E-state index contributed by atoms with van der Waals surface area (Å²) in [4.78, 5) is 24.2. The van der Waals surface area contributed by atoms with E-state index in [0.29, 0.717) is 12.1 Å². The summed E-state index contributed by atoms with van der Waals surface area (Å²) >= 11 is 0. The van der Waals surface area contributed by atoms with Gasteiger partial charge in [0.15, 0.2) is 0 Å². The van der Waals surface area contributed by atoms with E-state index < -0.39 is 6.03 Å². The normalized spacial score (nSPS) is 11.0. The van der Waals surface area contributed by atoms with Crippen molar-refractivity contribution in [1.29, 1.82) is 0 Å². The van der Waals surface area contributed by atoms with Crippen molar-refractivity contribution in [2.45, 2.75) is 19.8 Å². The average Bonchev–Trinajstić information content (AvgIpc) is 1.99. The maximum atomic E-state index is 10.6. The first-order valence-electron chi connectivity index (χ1n) is 3.39. The average molecular weight is 172 g/mol. The lowest BCUT2D eigenvalue weighted by Crippen LogP contribution is -2.30. The first-order valence-corrected chi connectivity index (χ1v) is 3.39. The van der Waals surface area contributed by atoms with Crippen LogP contribution in [0.4, 0.5) is 4.79 Å². The summed E-state index contributed by atoms with van der Waals surface area (Å²) in [5.41, 5.74) is 7.26.